The van der Waals surface area contributed by atoms with Gasteiger partial charge in [-0.1, -0.05) is 19.1 Å². The highest BCUT2D eigenvalue weighted by Gasteiger charge is 2.29. The zero-order valence-electron chi connectivity index (χ0n) is 7.87. The summed E-state index contributed by atoms with van der Waals surface area (Å²) in [6.07, 6.45) is 0.802. The molecule has 0 spiro atoms. The Labute approximate surface area is 94.5 Å². The highest BCUT2D eigenvalue weighted by molar-refractivity contribution is 9.10. The van der Waals surface area contributed by atoms with Crippen LogP contribution in [0, 0.1) is 0 Å². The Hall–Kier alpha value is -0.190. The minimum absolute atomic E-state index is 0.0233. The molecule has 0 aliphatic carbocycles. The van der Waals surface area contributed by atoms with Gasteiger partial charge in [0.1, 0.15) is 0 Å². The maximum atomic E-state index is 12.0. The predicted octanol–water partition coefficient (Wildman–Crippen LogP) is 2.35. The molecule has 0 fully saturated rings. The zero-order valence-corrected chi connectivity index (χ0v) is 10.3. The fourth-order valence-electron chi connectivity index (χ4n) is 1.80. The summed E-state index contributed by atoms with van der Waals surface area (Å²) in [6.45, 7) is 1.98. The van der Waals surface area contributed by atoms with Crippen LogP contribution in [0.15, 0.2) is 27.6 Å². The molecule has 3 atom stereocenters. The lowest BCUT2D eigenvalue weighted by Gasteiger charge is -2.27. The SMILES string of the molecule is CC1CC(N)c2cccc(Br)c2S1=O. The van der Waals surface area contributed by atoms with Crippen molar-refractivity contribution in [2.24, 2.45) is 5.73 Å². The summed E-state index contributed by atoms with van der Waals surface area (Å²) in [5.41, 5.74) is 7.04. The first-order chi connectivity index (χ1) is 6.61. The first kappa shape index (κ1) is 10.3. The van der Waals surface area contributed by atoms with Crippen molar-refractivity contribution in [1.29, 1.82) is 0 Å². The molecule has 1 aromatic carbocycles. The second kappa shape index (κ2) is 3.76. The smallest absolute Gasteiger partial charge is 0.0580 e. The Morgan fingerprint density at radius 2 is 2.29 bits per heavy atom. The highest BCUT2D eigenvalue weighted by atomic mass is 79.9. The molecule has 14 heavy (non-hydrogen) atoms. The average Bonchev–Trinajstić information content (AvgIpc) is 2.14. The molecule has 76 valence electrons. The van der Waals surface area contributed by atoms with Crippen molar-refractivity contribution < 1.29 is 4.21 Å². The first-order valence-corrected chi connectivity index (χ1v) is 6.56. The molecule has 2 N–H and O–H groups in total. The van der Waals surface area contributed by atoms with Crippen LogP contribution in [0.4, 0.5) is 0 Å². The number of benzene rings is 1. The Balaban J connectivity index is 2.62. The van der Waals surface area contributed by atoms with Crippen LogP contribution in [0.25, 0.3) is 0 Å². The molecule has 0 saturated carbocycles. The molecule has 0 aromatic heterocycles. The summed E-state index contributed by atoms with van der Waals surface area (Å²) < 4.78 is 12.9. The monoisotopic (exact) mass is 273 g/mol. The van der Waals surface area contributed by atoms with Gasteiger partial charge in [-0.3, -0.25) is 4.21 Å². The molecule has 0 amide bonds. The summed E-state index contributed by atoms with van der Waals surface area (Å²) in [5.74, 6) is 0. The van der Waals surface area contributed by atoms with Crippen LogP contribution in [0.3, 0.4) is 0 Å². The topological polar surface area (TPSA) is 43.1 Å². The second-order valence-corrected chi connectivity index (χ2v) is 6.27. The van der Waals surface area contributed by atoms with E-state index in [1.54, 1.807) is 0 Å². The van der Waals surface area contributed by atoms with E-state index in [1.807, 2.05) is 25.1 Å². The maximum Gasteiger partial charge on any atom is 0.0580 e. The van der Waals surface area contributed by atoms with Gasteiger partial charge >= 0.3 is 0 Å². The summed E-state index contributed by atoms with van der Waals surface area (Å²) >= 11 is 3.43. The van der Waals surface area contributed by atoms with Crippen LogP contribution in [0.5, 0.6) is 0 Å². The van der Waals surface area contributed by atoms with Gasteiger partial charge in [0.25, 0.3) is 0 Å². The van der Waals surface area contributed by atoms with Crippen molar-refractivity contribution in [3.05, 3.63) is 28.2 Å². The summed E-state index contributed by atoms with van der Waals surface area (Å²) in [4.78, 5) is 0.888. The molecule has 1 aromatic rings. The number of halogens is 1. The van der Waals surface area contributed by atoms with Gasteiger partial charge in [0, 0.05) is 15.8 Å². The van der Waals surface area contributed by atoms with E-state index in [0.717, 1.165) is 21.4 Å². The van der Waals surface area contributed by atoms with Crippen molar-refractivity contribution in [1.82, 2.24) is 0 Å². The summed E-state index contributed by atoms with van der Waals surface area (Å²) in [6, 6.07) is 5.85. The lowest BCUT2D eigenvalue weighted by molar-refractivity contribution is 0.590. The maximum absolute atomic E-state index is 12.0. The second-order valence-electron chi connectivity index (χ2n) is 3.61. The number of fused-ring (bicyclic) bond motifs is 1. The molecule has 3 unspecified atom stereocenters. The van der Waals surface area contributed by atoms with Crippen LogP contribution in [-0.4, -0.2) is 9.46 Å². The van der Waals surface area contributed by atoms with Crippen LogP contribution in [0.1, 0.15) is 24.9 Å². The van der Waals surface area contributed by atoms with E-state index in [-0.39, 0.29) is 11.3 Å². The molecule has 0 saturated heterocycles. The van der Waals surface area contributed by atoms with Crippen molar-refractivity contribution in [3.63, 3.8) is 0 Å². The largest absolute Gasteiger partial charge is 0.324 e. The van der Waals surface area contributed by atoms with E-state index < -0.39 is 10.8 Å². The molecular weight excluding hydrogens is 262 g/mol. The molecule has 1 heterocycles. The Morgan fingerprint density at radius 3 is 3.00 bits per heavy atom. The molecule has 2 rings (SSSR count). The molecule has 0 bridgehead atoms. The lowest BCUT2D eigenvalue weighted by Crippen LogP contribution is -2.27. The number of hydrogen-bond acceptors (Lipinski definition) is 2. The number of hydrogen-bond donors (Lipinski definition) is 1. The highest BCUT2D eigenvalue weighted by Crippen LogP contribution is 2.36. The van der Waals surface area contributed by atoms with E-state index >= 15 is 0 Å². The normalized spacial score (nSPS) is 31.2. The van der Waals surface area contributed by atoms with Gasteiger partial charge in [0.15, 0.2) is 0 Å². The quantitative estimate of drug-likeness (QED) is 0.789. The fourth-order valence-corrected chi connectivity index (χ4v) is 4.16. The molecule has 4 heteroatoms. The molecule has 2 nitrogen and oxygen atoms in total. The molecular formula is C10H12BrNOS. The third-order valence-electron chi connectivity index (χ3n) is 2.55. The lowest BCUT2D eigenvalue weighted by atomic mass is 10.0. The van der Waals surface area contributed by atoms with Gasteiger partial charge in [-0.2, -0.15) is 0 Å². The van der Waals surface area contributed by atoms with Gasteiger partial charge in [-0.05, 0) is 34.0 Å². The zero-order chi connectivity index (χ0) is 10.3. The number of rotatable bonds is 0. The molecule has 0 radical (unpaired) electrons. The van der Waals surface area contributed by atoms with Gasteiger partial charge < -0.3 is 5.73 Å². The van der Waals surface area contributed by atoms with Crippen LogP contribution >= 0.6 is 15.9 Å². The van der Waals surface area contributed by atoms with Crippen molar-refractivity contribution in [2.45, 2.75) is 29.5 Å². The number of nitrogens with two attached hydrogens (primary N) is 1. The average molecular weight is 274 g/mol. The van der Waals surface area contributed by atoms with E-state index in [9.17, 15) is 4.21 Å². The standard InChI is InChI=1S/C10H12BrNOS/c1-6-5-9(12)7-3-2-4-8(11)10(7)14(6)13/h2-4,6,9H,5,12H2,1H3. The van der Waals surface area contributed by atoms with E-state index in [2.05, 4.69) is 15.9 Å². The van der Waals surface area contributed by atoms with Crippen molar-refractivity contribution in [3.8, 4) is 0 Å². The van der Waals surface area contributed by atoms with E-state index in [0.29, 0.717) is 0 Å². The van der Waals surface area contributed by atoms with E-state index in [1.165, 1.54) is 0 Å². The van der Waals surface area contributed by atoms with Crippen LogP contribution in [-0.2, 0) is 10.8 Å². The fraction of sp³-hybridized carbons (Fsp3) is 0.400. The summed E-state index contributed by atoms with van der Waals surface area (Å²) in [5, 5.41) is 0.149. The predicted molar refractivity (Wildman–Crippen MR) is 61.6 cm³/mol. The van der Waals surface area contributed by atoms with E-state index in [4.69, 9.17) is 5.73 Å². The van der Waals surface area contributed by atoms with Gasteiger partial charge in [0.2, 0.25) is 0 Å². The van der Waals surface area contributed by atoms with Gasteiger partial charge in [-0.25, -0.2) is 0 Å². The minimum Gasteiger partial charge on any atom is -0.324 e. The third-order valence-corrected chi connectivity index (χ3v) is 5.25. The first-order valence-electron chi connectivity index (χ1n) is 4.56. The Morgan fingerprint density at radius 1 is 1.57 bits per heavy atom. The van der Waals surface area contributed by atoms with Gasteiger partial charge in [-0.15, -0.1) is 0 Å². The third kappa shape index (κ3) is 1.55. The Bertz CT molecular complexity index is 394. The Kier molecular flexibility index (Phi) is 2.77. The van der Waals surface area contributed by atoms with Crippen LogP contribution in [0.2, 0.25) is 0 Å². The van der Waals surface area contributed by atoms with Gasteiger partial charge in [0.05, 0.1) is 15.7 Å². The van der Waals surface area contributed by atoms with Crippen molar-refractivity contribution >= 4 is 26.7 Å². The van der Waals surface area contributed by atoms with Crippen molar-refractivity contribution in [2.75, 3.05) is 0 Å². The molecule has 1 aliphatic heterocycles. The summed E-state index contributed by atoms with van der Waals surface area (Å²) in [7, 11) is -0.919. The molecule has 1 aliphatic rings. The minimum atomic E-state index is -0.919. The van der Waals surface area contributed by atoms with Crippen LogP contribution < -0.4 is 5.73 Å².